The van der Waals surface area contributed by atoms with Crippen LogP contribution in [0, 0.1) is 0 Å². The average molecular weight is 778 g/mol. The smallest absolute Gasteiger partial charge is 0.160 e. The van der Waals surface area contributed by atoms with Crippen LogP contribution < -0.4 is 0 Å². The van der Waals surface area contributed by atoms with Crippen molar-refractivity contribution >= 4 is 10.8 Å². The molecule has 2 aromatic heterocycles. The van der Waals surface area contributed by atoms with E-state index in [1.807, 2.05) is 12.3 Å². The number of fused-ring (bicyclic) bond motifs is 6. The SMILES string of the molecule is CC1(C)c2ccccc2-c2ccc(-c3ccc(-c4cc(-c5ccc(-c6cccnc6)cc5)nc(-c5ccc(-c6ccc7c8c(cccc68)-c6ccccc6-7)cc5)n4)cc3)cc21. The fraction of sp³-hybridized carbons (Fsp3) is 0.0517. The molecular weight excluding hydrogens is 739 g/mol. The highest BCUT2D eigenvalue weighted by atomic mass is 14.9. The minimum atomic E-state index is -0.0495. The molecule has 0 unspecified atom stereocenters. The van der Waals surface area contributed by atoms with Gasteiger partial charge in [0, 0.05) is 34.5 Å². The molecule has 0 fully saturated rings. The molecule has 12 rings (SSSR count). The van der Waals surface area contributed by atoms with Crippen molar-refractivity contribution in [3.63, 3.8) is 0 Å². The van der Waals surface area contributed by atoms with Gasteiger partial charge in [0.2, 0.25) is 0 Å². The highest BCUT2D eigenvalue weighted by molar-refractivity contribution is 6.18. The van der Waals surface area contributed by atoms with Crippen LogP contribution in [0.15, 0.2) is 200 Å². The number of hydrogen-bond donors (Lipinski definition) is 0. The molecule has 8 aromatic carbocycles. The van der Waals surface area contributed by atoms with Crippen molar-refractivity contribution in [1.82, 2.24) is 15.0 Å². The molecule has 2 aliphatic carbocycles. The Bertz CT molecular complexity index is 3320. The summed E-state index contributed by atoms with van der Waals surface area (Å²) in [4.78, 5) is 14.8. The van der Waals surface area contributed by atoms with E-state index < -0.39 is 0 Å². The summed E-state index contributed by atoms with van der Waals surface area (Å²) in [5, 5.41) is 2.60. The first-order valence-electron chi connectivity index (χ1n) is 21.0. The lowest BCUT2D eigenvalue weighted by Crippen LogP contribution is -2.14. The van der Waals surface area contributed by atoms with Gasteiger partial charge in [0.1, 0.15) is 0 Å². The van der Waals surface area contributed by atoms with Crippen molar-refractivity contribution in [3.05, 3.63) is 212 Å². The molecule has 3 nitrogen and oxygen atoms in total. The highest BCUT2D eigenvalue weighted by Gasteiger charge is 2.35. The molecule has 3 heteroatoms. The lowest BCUT2D eigenvalue weighted by atomic mass is 9.81. The van der Waals surface area contributed by atoms with E-state index in [4.69, 9.17) is 9.97 Å². The van der Waals surface area contributed by atoms with Gasteiger partial charge < -0.3 is 0 Å². The van der Waals surface area contributed by atoms with Crippen molar-refractivity contribution in [2.45, 2.75) is 19.3 Å². The second-order valence-electron chi connectivity index (χ2n) is 16.8. The Kier molecular flexibility index (Phi) is 7.88. The van der Waals surface area contributed by atoms with Crippen molar-refractivity contribution in [3.8, 4) is 101 Å². The van der Waals surface area contributed by atoms with E-state index in [9.17, 15) is 0 Å². The Labute approximate surface area is 355 Å². The van der Waals surface area contributed by atoms with Gasteiger partial charge in [-0.2, -0.15) is 0 Å². The molecular formula is C58H39N3. The van der Waals surface area contributed by atoms with Crippen LogP contribution in [0.5, 0.6) is 0 Å². The predicted octanol–water partition coefficient (Wildman–Crippen LogP) is 15.0. The molecule has 0 aliphatic heterocycles. The Morgan fingerprint density at radius 2 is 0.869 bits per heavy atom. The van der Waals surface area contributed by atoms with Crippen LogP contribution in [0.4, 0.5) is 0 Å². The molecule has 286 valence electrons. The maximum atomic E-state index is 5.24. The lowest BCUT2D eigenvalue weighted by Gasteiger charge is -2.22. The van der Waals surface area contributed by atoms with E-state index in [1.165, 1.54) is 77.5 Å². The number of benzene rings is 8. The van der Waals surface area contributed by atoms with Gasteiger partial charge in [-0.15, -0.1) is 0 Å². The molecule has 10 aromatic rings. The molecule has 2 heterocycles. The third kappa shape index (κ3) is 5.69. The fourth-order valence-corrected chi connectivity index (χ4v) is 9.82. The van der Waals surface area contributed by atoms with Crippen molar-refractivity contribution in [1.29, 1.82) is 0 Å². The van der Waals surface area contributed by atoms with E-state index in [2.05, 4.69) is 201 Å². The largest absolute Gasteiger partial charge is 0.264 e. The highest BCUT2D eigenvalue weighted by Crippen LogP contribution is 2.51. The van der Waals surface area contributed by atoms with Gasteiger partial charge in [-0.25, -0.2) is 9.97 Å². The summed E-state index contributed by atoms with van der Waals surface area (Å²) in [6, 6.07) is 68.1. The average Bonchev–Trinajstić information content (AvgIpc) is 3.78. The second-order valence-corrected chi connectivity index (χ2v) is 16.8. The Hall–Kier alpha value is -7.75. The molecule has 2 aliphatic rings. The maximum Gasteiger partial charge on any atom is 0.160 e. The monoisotopic (exact) mass is 777 g/mol. The molecule has 0 atom stereocenters. The molecule has 0 radical (unpaired) electrons. The third-order valence-electron chi connectivity index (χ3n) is 13.0. The summed E-state index contributed by atoms with van der Waals surface area (Å²) in [6.45, 7) is 4.67. The summed E-state index contributed by atoms with van der Waals surface area (Å²) in [5.74, 6) is 0.691. The summed E-state index contributed by atoms with van der Waals surface area (Å²) >= 11 is 0. The second kappa shape index (κ2) is 13.7. The standard InChI is InChI=1S/C58H39N3/c1-58(2)52-15-6-5-12-47(52)48-29-28-42(33-53(48)58)36-16-22-39(23-17-36)54-34-55(40-24-18-37(19-25-40)43-9-8-32-59-35-43)61-57(60-54)41-26-20-38(21-27-41)44-30-31-51-46-11-4-3-10-45(46)50-14-7-13-49(44)56(50)51/h3-35H,1-2H3. The number of nitrogens with zero attached hydrogens (tertiary/aromatic N) is 3. The Morgan fingerprint density at radius 3 is 1.56 bits per heavy atom. The summed E-state index contributed by atoms with van der Waals surface area (Å²) in [5.41, 5.74) is 22.4. The first-order chi connectivity index (χ1) is 30.0. The summed E-state index contributed by atoms with van der Waals surface area (Å²) in [6.07, 6.45) is 3.70. The van der Waals surface area contributed by atoms with E-state index in [-0.39, 0.29) is 5.41 Å². The van der Waals surface area contributed by atoms with Gasteiger partial charge >= 0.3 is 0 Å². The van der Waals surface area contributed by atoms with E-state index >= 15 is 0 Å². The van der Waals surface area contributed by atoms with Gasteiger partial charge in [0.05, 0.1) is 11.4 Å². The number of pyridine rings is 1. The van der Waals surface area contributed by atoms with Crippen LogP contribution in [0.3, 0.4) is 0 Å². The minimum Gasteiger partial charge on any atom is -0.264 e. The Balaban J connectivity index is 0.917. The number of aromatic nitrogens is 3. The lowest BCUT2D eigenvalue weighted by molar-refractivity contribution is 0.660. The van der Waals surface area contributed by atoms with E-state index in [1.54, 1.807) is 6.20 Å². The van der Waals surface area contributed by atoms with Gasteiger partial charge in [-0.3, -0.25) is 4.98 Å². The van der Waals surface area contributed by atoms with Gasteiger partial charge in [-0.1, -0.05) is 184 Å². The van der Waals surface area contributed by atoms with Crippen molar-refractivity contribution in [2.75, 3.05) is 0 Å². The molecule has 61 heavy (non-hydrogen) atoms. The molecule has 0 N–H and O–H groups in total. The van der Waals surface area contributed by atoms with Crippen LogP contribution in [0.25, 0.3) is 111 Å². The topological polar surface area (TPSA) is 38.7 Å². The molecule has 0 spiro atoms. The van der Waals surface area contributed by atoms with Gasteiger partial charge in [0.15, 0.2) is 5.82 Å². The van der Waals surface area contributed by atoms with Crippen LogP contribution in [-0.2, 0) is 5.41 Å². The van der Waals surface area contributed by atoms with E-state index in [0.29, 0.717) is 5.82 Å². The third-order valence-corrected chi connectivity index (χ3v) is 13.0. The minimum absolute atomic E-state index is 0.0495. The van der Waals surface area contributed by atoms with Crippen molar-refractivity contribution < 1.29 is 0 Å². The zero-order valence-corrected chi connectivity index (χ0v) is 33.9. The number of hydrogen-bond acceptors (Lipinski definition) is 3. The molecule has 0 amide bonds. The Morgan fingerprint density at radius 1 is 0.344 bits per heavy atom. The normalized spacial score (nSPS) is 12.9. The molecule has 0 saturated heterocycles. The van der Waals surface area contributed by atoms with E-state index in [0.717, 1.165) is 39.2 Å². The van der Waals surface area contributed by atoms with Crippen LogP contribution in [0.1, 0.15) is 25.0 Å². The first kappa shape index (κ1) is 35.2. The number of rotatable bonds is 6. The maximum absolute atomic E-state index is 5.24. The fourth-order valence-electron chi connectivity index (χ4n) is 9.82. The predicted molar refractivity (Wildman–Crippen MR) is 252 cm³/mol. The van der Waals surface area contributed by atoms with Gasteiger partial charge in [-0.05, 0) is 107 Å². The summed E-state index contributed by atoms with van der Waals surface area (Å²) in [7, 11) is 0. The first-order valence-corrected chi connectivity index (χ1v) is 21.0. The van der Waals surface area contributed by atoms with Crippen LogP contribution in [-0.4, -0.2) is 15.0 Å². The van der Waals surface area contributed by atoms with Crippen LogP contribution >= 0.6 is 0 Å². The van der Waals surface area contributed by atoms with Gasteiger partial charge in [0.25, 0.3) is 0 Å². The van der Waals surface area contributed by atoms with Crippen LogP contribution in [0.2, 0.25) is 0 Å². The van der Waals surface area contributed by atoms with Crippen molar-refractivity contribution in [2.24, 2.45) is 0 Å². The molecule has 0 saturated carbocycles. The zero-order chi connectivity index (χ0) is 40.7. The zero-order valence-electron chi connectivity index (χ0n) is 33.9. The summed E-state index contributed by atoms with van der Waals surface area (Å²) < 4.78 is 0. The molecule has 0 bridgehead atoms. The quantitative estimate of drug-likeness (QED) is 0.169.